The Kier molecular flexibility index (Phi) is 11.0. The lowest BCUT2D eigenvalue weighted by Crippen LogP contribution is -2.24. The minimum absolute atomic E-state index is 0.106. The number of hydrogen-bond acceptors (Lipinski definition) is 2. The summed E-state index contributed by atoms with van der Waals surface area (Å²) in [7, 11) is 1.72. The predicted molar refractivity (Wildman–Crippen MR) is 139 cm³/mol. The number of carbonyl (C=O) groups excluding carboxylic acids is 1. The molecule has 2 rings (SSSR count). The molecule has 0 aromatic heterocycles. The molecule has 0 radical (unpaired) electrons. The Labute approximate surface area is 195 Å². The lowest BCUT2D eigenvalue weighted by Gasteiger charge is -2.32. The van der Waals surface area contributed by atoms with Crippen LogP contribution in [0.15, 0.2) is 83.0 Å². The third-order valence-corrected chi connectivity index (χ3v) is 5.69. The second kappa shape index (κ2) is 12.9. The molecule has 0 heterocycles. The monoisotopic (exact) mass is 435 g/mol. The average Bonchev–Trinajstić information content (AvgIpc) is 2.74. The number of aromatic hydroxyl groups is 1. The number of benzene rings is 1. The Balaban J connectivity index is 0.00000249. The molecule has 0 unspecified atom stereocenters. The first kappa shape index (κ1) is 27.2. The van der Waals surface area contributed by atoms with Gasteiger partial charge < -0.3 is 10.0 Å². The standard InChI is InChI=1S/C27H35NO2.C2H6/c1-20(12-17-25-22(3)11-8-18-27(25,4)5)9-7-10-21(2)19-26(30)28(6)23-13-15-24(29)16-14-23;1-2/h7,9-10,12-17,19,29H,8,11,18H2,1-6H3;1-2H3/b10-7+,17-12+,20-9+,21-19+;. The molecule has 0 spiro atoms. The molecule has 32 heavy (non-hydrogen) atoms. The molecule has 0 atom stereocenters. The van der Waals surface area contributed by atoms with E-state index in [1.807, 2.05) is 32.9 Å². The zero-order valence-corrected chi connectivity index (χ0v) is 21.2. The van der Waals surface area contributed by atoms with E-state index in [1.54, 1.807) is 42.3 Å². The zero-order valence-electron chi connectivity index (χ0n) is 21.2. The third-order valence-electron chi connectivity index (χ3n) is 5.69. The second-order valence-corrected chi connectivity index (χ2v) is 8.84. The van der Waals surface area contributed by atoms with E-state index in [4.69, 9.17) is 0 Å². The molecular formula is C29H41NO2. The van der Waals surface area contributed by atoms with Crippen molar-refractivity contribution in [2.24, 2.45) is 5.41 Å². The van der Waals surface area contributed by atoms with Crippen LogP contribution in [0.3, 0.4) is 0 Å². The van der Waals surface area contributed by atoms with Crippen molar-refractivity contribution in [2.75, 3.05) is 11.9 Å². The van der Waals surface area contributed by atoms with Crippen LogP contribution >= 0.6 is 0 Å². The van der Waals surface area contributed by atoms with Gasteiger partial charge in [-0.25, -0.2) is 0 Å². The molecule has 174 valence electrons. The van der Waals surface area contributed by atoms with E-state index in [9.17, 15) is 9.90 Å². The highest BCUT2D eigenvalue weighted by molar-refractivity contribution is 6.01. The number of phenols is 1. The van der Waals surface area contributed by atoms with Crippen molar-refractivity contribution in [3.63, 3.8) is 0 Å². The molecule has 1 amide bonds. The quantitative estimate of drug-likeness (QED) is 0.364. The molecule has 1 aliphatic rings. The number of carbonyl (C=O) groups is 1. The van der Waals surface area contributed by atoms with E-state index >= 15 is 0 Å². The Hall–Kier alpha value is -2.81. The Morgan fingerprint density at radius 2 is 1.69 bits per heavy atom. The number of rotatable bonds is 6. The van der Waals surface area contributed by atoms with Crippen LogP contribution in [-0.4, -0.2) is 18.1 Å². The molecular weight excluding hydrogens is 394 g/mol. The number of allylic oxidation sites excluding steroid dienone is 9. The molecule has 1 aromatic carbocycles. The average molecular weight is 436 g/mol. The number of nitrogens with zero attached hydrogens (tertiary/aromatic N) is 1. The molecule has 1 N–H and O–H groups in total. The Morgan fingerprint density at radius 3 is 2.28 bits per heavy atom. The second-order valence-electron chi connectivity index (χ2n) is 8.84. The Morgan fingerprint density at radius 1 is 1.06 bits per heavy atom. The summed E-state index contributed by atoms with van der Waals surface area (Å²) in [5, 5.41) is 9.38. The SMILES string of the molecule is CC.CC1=C(/C=C/C(C)=C/C=C/C(C)=C/C(=O)N(C)c2ccc(O)cc2)C(C)(C)CCC1. The molecule has 0 saturated heterocycles. The number of likely N-dealkylation sites (N-methyl/N-ethyl adjacent to an activating group) is 1. The number of amides is 1. The fourth-order valence-electron chi connectivity index (χ4n) is 3.78. The van der Waals surface area contributed by atoms with Gasteiger partial charge in [-0.3, -0.25) is 4.79 Å². The first-order valence-corrected chi connectivity index (χ1v) is 11.6. The highest BCUT2D eigenvalue weighted by Gasteiger charge is 2.26. The van der Waals surface area contributed by atoms with Crippen molar-refractivity contribution < 1.29 is 9.90 Å². The first-order chi connectivity index (χ1) is 15.1. The van der Waals surface area contributed by atoms with Crippen molar-refractivity contribution in [1.82, 2.24) is 0 Å². The van der Waals surface area contributed by atoms with Crippen LogP contribution in [0.2, 0.25) is 0 Å². The van der Waals surface area contributed by atoms with Gasteiger partial charge in [-0.15, -0.1) is 0 Å². The number of phenolic OH excluding ortho intramolecular Hbond substituents is 1. The van der Waals surface area contributed by atoms with E-state index < -0.39 is 0 Å². The molecule has 0 fully saturated rings. The van der Waals surface area contributed by atoms with Crippen molar-refractivity contribution in [1.29, 1.82) is 0 Å². The topological polar surface area (TPSA) is 40.5 Å². The summed E-state index contributed by atoms with van der Waals surface area (Å²) in [6.07, 6.45) is 15.8. The molecule has 3 heteroatoms. The summed E-state index contributed by atoms with van der Waals surface area (Å²) in [6, 6.07) is 6.58. The van der Waals surface area contributed by atoms with Crippen molar-refractivity contribution >= 4 is 11.6 Å². The number of anilines is 1. The van der Waals surface area contributed by atoms with E-state index in [0.717, 1.165) is 11.3 Å². The van der Waals surface area contributed by atoms with Gasteiger partial charge in [-0.1, -0.05) is 69.2 Å². The van der Waals surface area contributed by atoms with Crippen LogP contribution in [0, 0.1) is 5.41 Å². The molecule has 1 aromatic rings. The summed E-state index contributed by atoms with van der Waals surface area (Å²) in [5.41, 5.74) is 6.00. The first-order valence-electron chi connectivity index (χ1n) is 11.6. The normalized spacial score (nSPS) is 16.9. The van der Waals surface area contributed by atoms with Crippen molar-refractivity contribution in [3.05, 3.63) is 83.0 Å². The van der Waals surface area contributed by atoms with Crippen LogP contribution < -0.4 is 4.90 Å². The van der Waals surface area contributed by atoms with Crippen LogP contribution in [0.25, 0.3) is 0 Å². The van der Waals surface area contributed by atoms with E-state index in [2.05, 4.69) is 45.9 Å². The van der Waals surface area contributed by atoms with Gasteiger partial charge in [0.05, 0.1) is 0 Å². The van der Waals surface area contributed by atoms with Crippen LogP contribution in [0.1, 0.15) is 67.7 Å². The van der Waals surface area contributed by atoms with E-state index in [0.29, 0.717) is 0 Å². The largest absolute Gasteiger partial charge is 0.508 e. The highest BCUT2D eigenvalue weighted by Crippen LogP contribution is 2.40. The molecule has 0 saturated carbocycles. The lowest BCUT2D eigenvalue weighted by atomic mass is 9.72. The van der Waals surface area contributed by atoms with Crippen molar-refractivity contribution in [3.8, 4) is 5.75 Å². The Bertz CT molecular complexity index is 909. The molecule has 3 nitrogen and oxygen atoms in total. The van der Waals surface area contributed by atoms with Crippen LogP contribution in [-0.2, 0) is 4.79 Å². The maximum atomic E-state index is 12.4. The molecule has 1 aliphatic carbocycles. The fourth-order valence-corrected chi connectivity index (χ4v) is 3.78. The minimum atomic E-state index is -0.106. The van der Waals surface area contributed by atoms with Gasteiger partial charge in [0.2, 0.25) is 0 Å². The predicted octanol–water partition coefficient (Wildman–Crippen LogP) is 7.91. The summed E-state index contributed by atoms with van der Waals surface area (Å²) < 4.78 is 0. The van der Waals surface area contributed by atoms with Gasteiger partial charge in [0, 0.05) is 18.8 Å². The third kappa shape index (κ3) is 8.37. The van der Waals surface area contributed by atoms with Gasteiger partial charge >= 0.3 is 0 Å². The fraction of sp³-hybridized carbons (Fsp3) is 0.414. The maximum absolute atomic E-state index is 12.4. The summed E-state index contributed by atoms with van der Waals surface area (Å²) >= 11 is 0. The maximum Gasteiger partial charge on any atom is 0.250 e. The van der Waals surface area contributed by atoms with Gasteiger partial charge in [0.25, 0.3) is 5.91 Å². The van der Waals surface area contributed by atoms with E-state index in [-0.39, 0.29) is 17.1 Å². The van der Waals surface area contributed by atoms with Gasteiger partial charge in [0.1, 0.15) is 5.75 Å². The summed E-state index contributed by atoms with van der Waals surface area (Å²) in [4.78, 5) is 14.0. The summed E-state index contributed by atoms with van der Waals surface area (Å²) in [5.74, 6) is 0.0781. The highest BCUT2D eigenvalue weighted by atomic mass is 16.3. The van der Waals surface area contributed by atoms with Crippen molar-refractivity contribution in [2.45, 2.75) is 67.7 Å². The van der Waals surface area contributed by atoms with Crippen LogP contribution in [0.5, 0.6) is 5.75 Å². The summed E-state index contributed by atoms with van der Waals surface area (Å²) in [6.45, 7) is 14.9. The van der Waals surface area contributed by atoms with Gasteiger partial charge in [-0.2, -0.15) is 0 Å². The van der Waals surface area contributed by atoms with Crippen LogP contribution in [0.4, 0.5) is 5.69 Å². The number of hydrogen-bond donors (Lipinski definition) is 1. The lowest BCUT2D eigenvalue weighted by molar-refractivity contribution is -0.113. The van der Waals surface area contributed by atoms with Gasteiger partial charge in [0.15, 0.2) is 0 Å². The van der Waals surface area contributed by atoms with E-state index in [1.165, 1.54) is 36.0 Å². The van der Waals surface area contributed by atoms with Gasteiger partial charge in [-0.05, 0) is 80.9 Å². The molecule has 0 bridgehead atoms. The molecule has 0 aliphatic heterocycles. The minimum Gasteiger partial charge on any atom is -0.508 e. The zero-order chi connectivity index (χ0) is 24.3. The smallest absolute Gasteiger partial charge is 0.250 e.